The number of hydrogen-bond donors (Lipinski definition) is 0. The highest BCUT2D eigenvalue weighted by atomic mass is 16.5. The molecule has 0 saturated heterocycles. The van der Waals surface area contributed by atoms with Crippen molar-refractivity contribution in [3.8, 4) is 0 Å². The minimum Gasteiger partial charge on any atom is -0.377 e. The molecule has 1 fully saturated rings. The number of carbonyl (C=O) groups is 1. The maximum atomic E-state index is 11.3. The van der Waals surface area contributed by atoms with Crippen molar-refractivity contribution in [3.63, 3.8) is 0 Å². The van der Waals surface area contributed by atoms with Gasteiger partial charge < -0.3 is 4.74 Å². The van der Waals surface area contributed by atoms with E-state index in [1.165, 1.54) is 32.1 Å². The molecule has 0 aromatic rings. The second-order valence-electron chi connectivity index (χ2n) is 4.18. The Morgan fingerprint density at radius 3 is 2.57 bits per heavy atom. The lowest BCUT2D eigenvalue weighted by molar-refractivity contribution is -0.124. The van der Waals surface area contributed by atoms with Gasteiger partial charge >= 0.3 is 0 Å². The molecule has 0 bridgehead atoms. The van der Waals surface area contributed by atoms with Gasteiger partial charge in [-0.25, -0.2) is 0 Å². The molecule has 14 heavy (non-hydrogen) atoms. The molecular weight excluding hydrogens is 178 g/mol. The lowest BCUT2D eigenvalue weighted by Gasteiger charge is -2.30. The summed E-state index contributed by atoms with van der Waals surface area (Å²) in [6, 6.07) is 0.615. The molecule has 0 unspecified atom stereocenters. The van der Waals surface area contributed by atoms with Crippen LogP contribution in [0.4, 0.5) is 0 Å². The molecule has 1 aliphatic carbocycles. The number of hydrogen-bond acceptors (Lipinski definition) is 3. The van der Waals surface area contributed by atoms with E-state index in [1.807, 2.05) is 7.05 Å². The van der Waals surface area contributed by atoms with Crippen LogP contribution in [0.25, 0.3) is 0 Å². The average Bonchev–Trinajstić information content (AvgIpc) is 2.19. The third-order valence-corrected chi connectivity index (χ3v) is 2.93. The van der Waals surface area contributed by atoms with Gasteiger partial charge in [0.15, 0.2) is 5.78 Å². The third kappa shape index (κ3) is 3.76. The summed E-state index contributed by atoms with van der Waals surface area (Å²) in [5.74, 6) is 0.181. The largest absolute Gasteiger partial charge is 0.377 e. The number of rotatable bonds is 5. The molecule has 0 heterocycles. The lowest BCUT2D eigenvalue weighted by atomic mass is 9.94. The van der Waals surface area contributed by atoms with Gasteiger partial charge in [-0.15, -0.1) is 0 Å². The van der Waals surface area contributed by atoms with E-state index in [2.05, 4.69) is 4.90 Å². The van der Waals surface area contributed by atoms with E-state index in [1.54, 1.807) is 7.11 Å². The van der Waals surface area contributed by atoms with Gasteiger partial charge in [0.2, 0.25) is 0 Å². The summed E-state index contributed by atoms with van der Waals surface area (Å²) in [6.45, 7) is 0.787. The maximum Gasteiger partial charge on any atom is 0.172 e. The van der Waals surface area contributed by atoms with Crippen LogP contribution in [-0.4, -0.2) is 44.0 Å². The van der Waals surface area contributed by atoms with Crippen molar-refractivity contribution in [2.24, 2.45) is 0 Å². The fourth-order valence-corrected chi connectivity index (χ4v) is 2.14. The quantitative estimate of drug-likeness (QED) is 0.671. The van der Waals surface area contributed by atoms with Crippen LogP contribution in [0.2, 0.25) is 0 Å². The minimum absolute atomic E-state index is 0.181. The zero-order chi connectivity index (χ0) is 10.4. The van der Waals surface area contributed by atoms with Gasteiger partial charge in [0.05, 0.1) is 6.54 Å². The van der Waals surface area contributed by atoms with Crippen molar-refractivity contribution in [1.29, 1.82) is 0 Å². The first-order valence-electron chi connectivity index (χ1n) is 5.45. The first kappa shape index (κ1) is 11.7. The second kappa shape index (κ2) is 6.14. The first-order chi connectivity index (χ1) is 6.74. The van der Waals surface area contributed by atoms with Gasteiger partial charge in [0, 0.05) is 13.2 Å². The number of ether oxygens (including phenoxy) is 1. The summed E-state index contributed by atoms with van der Waals surface area (Å²) in [6.07, 6.45) is 6.48. The molecule has 0 aromatic carbocycles. The fraction of sp³-hybridized carbons (Fsp3) is 0.909. The first-order valence-corrected chi connectivity index (χ1v) is 5.45. The molecule has 0 spiro atoms. The molecule has 82 valence electrons. The molecule has 0 aliphatic heterocycles. The molecule has 0 atom stereocenters. The average molecular weight is 199 g/mol. The molecule has 0 N–H and O–H groups in total. The Bertz CT molecular complexity index is 176. The van der Waals surface area contributed by atoms with Crippen LogP contribution in [0.3, 0.4) is 0 Å². The number of methoxy groups -OCH3 is 1. The Balaban J connectivity index is 2.25. The molecule has 0 aromatic heterocycles. The summed E-state index contributed by atoms with van der Waals surface area (Å²) in [5.41, 5.74) is 0. The number of likely N-dealkylation sites (N-methyl/N-ethyl adjacent to an activating group) is 1. The summed E-state index contributed by atoms with van der Waals surface area (Å²) < 4.78 is 4.82. The normalized spacial score (nSPS) is 18.8. The van der Waals surface area contributed by atoms with Crippen LogP contribution < -0.4 is 0 Å². The highest BCUT2D eigenvalue weighted by molar-refractivity contribution is 5.81. The van der Waals surface area contributed by atoms with E-state index < -0.39 is 0 Å². The van der Waals surface area contributed by atoms with Gasteiger partial charge in [-0.1, -0.05) is 19.3 Å². The Labute approximate surface area is 86.4 Å². The molecular formula is C11H21NO2. The van der Waals surface area contributed by atoms with Crippen LogP contribution in [-0.2, 0) is 9.53 Å². The Morgan fingerprint density at radius 1 is 1.36 bits per heavy atom. The van der Waals surface area contributed by atoms with Gasteiger partial charge in [0.1, 0.15) is 6.61 Å². The lowest BCUT2D eigenvalue weighted by Crippen LogP contribution is -2.38. The van der Waals surface area contributed by atoms with Crippen molar-refractivity contribution in [3.05, 3.63) is 0 Å². The molecule has 3 nitrogen and oxygen atoms in total. The van der Waals surface area contributed by atoms with Crippen LogP contribution in [0.1, 0.15) is 32.1 Å². The molecule has 1 rings (SSSR count). The Kier molecular flexibility index (Phi) is 5.12. The summed E-state index contributed by atoms with van der Waals surface area (Å²) >= 11 is 0. The number of Topliss-reactive ketones (excluding diaryl/α,β-unsaturated/α-hetero) is 1. The highest BCUT2D eigenvalue weighted by Gasteiger charge is 2.19. The predicted molar refractivity (Wildman–Crippen MR) is 56.4 cm³/mol. The standard InChI is InChI=1S/C11H21NO2/c1-12(8-11(13)9-14-2)10-6-4-3-5-7-10/h10H,3-9H2,1-2H3. The third-order valence-electron chi connectivity index (χ3n) is 2.93. The molecule has 3 heteroatoms. The summed E-state index contributed by atoms with van der Waals surface area (Å²) in [4.78, 5) is 13.5. The van der Waals surface area contributed by atoms with Crippen LogP contribution in [0.5, 0.6) is 0 Å². The van der Waals surface area contributed by atoms with Crippen molar-refractivity contribution in [2.75, 3.05) is 27.3 Å². The van der Waals surface area contributed by atoms with E-state index >= 15 is 0 Å². The maximum absolute atomic E-state index is 11.3. The van der Waals surface area contributed by atoms with E-state index in [-0.39, 0.29) is 12.4 Å². The zero-order valence-corrected chi connectivity index (χ0v) is 9.29. The fourth-order valence-electron chi connectivity index (χ4n) is 2.14. The van der Waals surface area contributed by atoms with E-state index in [9.17, 15) is 4.79 Å². The van der Waals surface area contributed by atoms with Gasteiger partial charge in [0.25, 0.3) is 0 Å². The summed E-state index contributed by atoms with van der Waals surface area (Å²) in [7, 11) is 3.61. The SMILES string of the molecule is COCC(=O)CN(C)C1CCCCC1. The monoisotopic (exact) mass is 199 g/mol. The smallest absolute Gasteiger partial charge is 0.172 e. The van der Waals surface area contributed by atoms with E-state index in [0.29, 0.717) is 12.6 Å². The Hall–Kier alpha value is -0.410. The van der Waals surface area contributed by atoms with Gasteiger partial charge in [-0.05, 0) is 19.9 Å². The molecule has 0 radical (unpaired) electrons. The topological polar surface area (TPSA) is 29.5 Å². The minimum atomic E-state index is 0.181. The van der Waals surface area contributed by atoms with Crippen molar-refractivity contribution in [2.45, 2.75) is 38.1 Å². The van der Waals surface area contributed by atoms with E-state index in [4.69, 9.17) is 4.74 Å². The van der Waals surface area contributed by atoms with Crippen molar-refractivity contribution < 1.29 is 9.53 Å². The zero-order valence-electron chi connectivity index (χ0n) is 9.29. The Morgan fingerprint density at radius 2 is 2.00 bits per heavy atom. The van der Waals surface area contributed by atoms with Crippen molar-refractivity contribution in [1.82, 2.24) is 4.90 Å². The van der Waals surface area contributed by atoms with Crippen molar-refractivity contribution >= 4 is 5.78 Å². The predicted octanol–water partition coefficient (Wildman–Crippen LogP) is 1.47. The molecule has 1 aliphatic rings. The van der Waals surface area contributed by atoms with Crippen LogP contribution in [0, 0.1) is 0 Å². The highest BCUT2D eigenvalue weighted by Crippen LogP contribution is 2.21. The van der Waals surface area contributed by atoms with Crippen LogP contribution >= 0.6 is 0 Å². The van der Waals surface area contributed by atoms with E-state index in [0.717, 1.165) is 0 Å². The number of ketones is 1. The molecule has 0 amide bonds. The number of carbonyl (C=O) groups excluding carboxylic acids is 1. The van der Waals surface area contributed by atoms with Gasteiger partial charge in [-0.3, -0.25) is 9.69 Å². The van der Waals surface area contributed by atoms with Gasteiger partial charge in [-0.2, -0.15) is 0 Å². The number of nitrogens with zero attached hydrogens (tertiary/aromatic N) is 1. The molecule has 1 saturated carbocycles. The summed E-state index contributed by atoms with van der Waals surface area (Å²) in [5, 5.41) is 0. The van der Waals surface area contributed by atoms with Crippen LogP contribution in [0.15, 0.2) is 0 Å². The second-order valence-corrected chi connectivity index (χ2v) is 4.18.